The Morgan fingerprint density at radius 2 is 2.00 bits per heavy atom. The summed E-state index contributed by atoms with van der Waals surface area (Å²) in [5.41, 5.74) is 3.29. The number of aliphatic hydroxyl groups is 1. The maximum atomic E-state index is 12.6. The van der Waals surface area contributed by atoms with Gasteiger partial charge in [0.1, 0.15) is 24.2 Å². The van der Waals surface area contributed by atoms with Gasteiger partial charge < -0.3 is 19.5 Å². The molecule has 2 aromatic carbocycles. The van der Waals surface area contributed by atoms with Crippen molar-refractivity contribution in [2.75, 3.05) is 12.0 Å². The molecule has 0 aliphatic heterocycles. The molecule has 0 saturated heterocycles. The minimum atomic E-state index is -1.01. The third-order valence-electron chi connectivity index (χ3n) is 5.53. The minimum Gasteiger partial charge on any atom is -0.507 e. The molecule has 4 N–H and O–H groups in total. The number of nitrogens with one attached hydrogen (secondary N) is 2. The van der Waals surface area contributed by atoms with Crippen LogP contribution >= 0.6 is 15.9 Å². The number of phenols is 1. The topological polar surface area (TPSA) is 147 Å². The van der Waals surface area contributed by atoms with Crippen molar-refractivity contribution in [1.29, 1.82) is 0 Å². The van der Waals surface area contributed by atoms with Crippen molar-refractivity contribution >= 4 is 39.3 Å². The number of phenolic OH excluding ortho intramolecular Hbond substituents is 1. The summed E-state index contributed by atoms with van der Waals surface area (Å²) in [6.45, 7) is 1.96. The fourth-order valence-corrected chi connectivity index (χ4v) is 3.94. The van der Waals surface area contributed by atoms with E-state index in [9.17, 15) is 19.8 Å². The Morgan fingerprint density at radius 3 is 2.72 bits per heavy atom. The second kappa shape index (κ2) is 10.8. The number of benzene rings is 2. The molecule has 0 aliphatic rings. The van der Waals surface area contributed by atoms with E-state index < -0.39 is 17.4 Å². The highest BCUT2D eigenvalue weighted by Gasteiger charge is 2.20. The maximum Gasteiger partial charge on any atom is 0.329 e. The molecule has 4 aromatic rings. The van der Waals surface area contributed by atoms with Gasteiger partial charge >= 0.3 is 5.69 Å². The number of halogens is 1. The number of aromatic hydroxyl groups is 1. The van der Waals surface area contributed by atoms with E-state index in [0.717, 1.165) is 10.9 Å². The van der Waals surface area contributed by atoms with Crippen molar-refractivity contribution in [3.05, 3.63) is 78.9 Å². The molecule has 1 atom stereocenters. The molecule has 1 unspecified atom stereocenters. The van der Waals surface area contributed by atoms with Gasteiger partial charge in [-0.2, -0.15) is 10.1 Å². The number of hydrazone groups is 1. The van der Waals surface area contributed by atoms with Crippen molar-refractivity contribution in [1.82, 2.24) is 19.1 Å². The van der Waals surface area contributed by atoms with Gasteiger partial charge in [0, 0.05) is 17.1 Å². The normalized spacial score (nSPS) is 12.3. The van der Waals surface area contributed by atoms with Crippen LogP contribution in [0.3, 0.4) is 0 Å². The van der Waals surface area contributed by atoms with E-state index in [4.69, 9.17) is 4.74 Å². The summed E-state index contributed by atoms with van der Waals surface area (Å²) in [5.74, 6) is 0.753. The molecule has 0 fully saturated rings. The van der Waals surface area contributed by atoms with E-state index in [1.807, 2.05) is 24.3 Å². The molecule has 0 aliphatic carbocycles. The number of ether oxygens (including phenoxy) is 1. The standard InChI is InChI=1S/C24H25BrN6O5/c1-3-14-4-7-18(8-5-14)36-13-17(32)12-31-20-21(30(2)24(35)28-22(20)34)27-23(31)29-26-11-15-10-16(25)6-9-19(15)33/h4-11,17,32-33H,3,12-13H2,1-2H3,(H,27,29)(H,28,34,35). The molecular weight excluding hydrogens is 532 g/mol. The van der Waals surface area contributed by atoms with Crippen LogP contribution in [0.1, 0.15) is 18.1 Å². The van der Waals surface area contributed by atoms with Crippen molar-refractivity contribution in [2.45, 2.75) is 26.0 Å². The fourth-order valence-electron chi connectivity index (χ4n) is 3.56. The summed E-state index contributed by atoms with van der Waals surface area (Å²) in [6.07, 6.45) is 1.28. The van der Waals surface area contributed by atoms with Crippen LogP contribution < -0.4 is 21.4 Å². The predicted octanol–water partition coefficient (Wildman–Crippen LogP) is 2.34. The molecule has 0 bridgehead atoms. The first-order chi connectivity index (χ1) is 17.3. The number of aryl methyl sites for hydroxylation is 2. The van der Waals surface area contributed by atoms with Crippen LogP contribution in [-0.2, 0) is 20.0 Å². The number of rotatable bonds is 9. The molecule has 0 radical (unpaired) electrons. The second-order valence-corrected chi connectivity index (χ2v) is 8.99. The molecule has 36 heavy (non-hydrogen) atoms. The molecule has 12 heteroatoms. The number of anilines is 1. The first-order valence-corrected chi connectivity index (χ1v) is 11.9. The highest BCUT2D eigenvalue weighted by molar-refractivity contribution is 9.10. The number of imidazole rings is 1. The van der Waals surface area contributed by atoms with Gasteiger partial charge in [0.05, 0.1) is 12.8 Å². The van der Waals surface area contributed by atoms with Gasteiger partial charge in [0.25, 0.3) is 5.56 Å². The van der Waals surface area contributed by atoms with E-state index in [-0.39, 0.29) is 36.0 Å². The van der Waals surface area contributed by atoms with Gasteiger partial charge in [-0.1, -0.05) is 35.0 Å². The average molecular weight is 557 g/mol. The molecule has 0 spiro atoms. The Labute approximate surface area is 213 Å². The summed E-state index contributed by atoms with van der Waals surface area (Å²) in [6, 6.07) is 12.4. The van der Waals surface area contributed by atoms with Gasteiger partial charge in [-0.15, -0.1) is 0 Å². The SMILES string of the molecule is CCc1ccc(OCC(O)Cn2c(NN=Cc3cc(Br)ccc3O)nc3c2c(=O)[nH]c(=O)n3C)cc1. The largest absolute Gasteiger partial charge is 0.507 e. The lowest BCUT2D eigenvalue weighted by atomic mass is 10.2. The number of aromatic amines is 1. The number of fused-ring (bicyclic) bond motifs is 1. The molecule has 11 nitrogen and oxygen atoms in total. The predicted molar refractivity (Wildman–Crippen MR) is 140 cm³/mol. The number of H-pyrrole nitrogens is 1. The molecular formula is C24H25BrN6O5. The monoisotopic (exact) mass is 556 g/mol. The number of hydrogen-bond acceptors (Lipinski definition) is 8. The Morgan fingerprint density at radius 1 is 1.25 bits per heavy atom. The van der Waals surface area contributed by atoms with Gasteiger partial charge in [0.2, 0.25) is 5.95 Å². The van der Waals surface area contributed by atoms with Gasteiger partial charge in [-0.05, 0) is 42.3 Å². The number of aromatic nitrogens is 4. The molecule has 188 valence electrons. The molecule has 0 amide bonds. The first-order valence-electron chi connectivity index (χ1n) is 11.1. The number of hydrogen-bond donors (Lipinski definition) is 4. The van der Waals surface area contributed by atoms with Gasteiger partial charge in [-0.25, -0.2) is 10.2 Å². The molecule has 0 saturated carbocycles. The van der Waals surface area contributed by atoms with Crippen LogP contribution in [0, 0.1) is 0 Å². The molecule has 2 aromatic heterocycles. The minimum absolute atomic E-state index is 0.0237. The van der Waals surface area contributed by atoms with Crippen LogP contribution in [0.25, 0.3) is 11.2 Å². The van der Waals surface area contributed by atoms with Crippen molar-refractivity contribution in [2.24, 2.45) is 12.1 Å². The summed E-state index contributed by atoms with van der Waals surface area (Å²) in [5, 5.41) is 24.8. The molecule has 2 heterocycles. The lowest BCUT2D eigenvalue weighted by molar-refractivity contribution is 0.0938. The third-order valence-corrected chi connectivity index (χ3v) is 6.03. The lowest BCUT2D eigenvalue weighted by Gasteiger charge is -2.15. The van der Waals surface area contributed by atoms with Crippen molar-refractivity contribution in [3.8, 4) is 11.5 Å². The highest BCUT2D eigenvalue weighted by atomic mass is 79.9. The summed E-state index contributed by atoms with van der Waals surface area (Å²) >= 11 is 3.34. The first kappa shape index (κ1) is 25.2. The van der Waals surface area contributed by atoms with Crippen molar-refractivity contribution < 1.29 is 14.9 Å². The zero-order chi connectivity index (χ0) is 25.8. The number of aliphatic hydroxyl groups excluding tert-OH is 1. The smallest absolute Gasteiger partial charge is 0.329 e. The second-order valence-electron chi connectivity index (χ2n) is 8.07. The summed E-state index contributed by atoms with van der Waals surface area (Å²) in [4.78, 5) is 31.3. The van der Waals surface area contributed by atoms with Crippen LogP contribution in [0.15, 0.2) is 61.6 Å². The van der Waals surface area contributed by atoms with Crippen LogP contribution in [0.2, 0.25) is 0 Å². The van der Waals surface area contributed by atoms with E-state index in [1.54, 1.807) is 12.1 Å². The van der Waals surface area contributed by atoms with E-state index in [2.05, 4.69) is 43.3 Å². The van der Waals surface area contributed by atoms with Crippen LogP contribution in [0.5, 0.6) is 11.5 Å². The van der Waals surface area contributed by atoms with E-state index in [0.29, 0.717) is 11.3 Å². The Kier molecular flexibility index (Phi) is 7.55. The number of nitrogens with zero attached hydrogens (tertiary/aromatic N) is 4. The highest BCUT2D eigenvalue weighted by Crippen LogP contribution is 2.21. The summed E-state index contributed by atoms with van der Waals surface area (Å²) in [7, 11) is 1.48. The quantitative estimate of drug-likeness (QED) is 0.183. The van der Waals surface area contributed by atoms with E-state index >= 15 is 0 Å². The average Bonchev–Trinajstić information content (AvgIpc) is 3.22. The third kappa shape index (κ3) is 5.50. The van der Waals surface area contributed by atoms with Crippen molar-refractivity contribution in [3.63, 3.8) is 0 Å². The zero-order valence-corrected chi connectivity index (χ0v) is 21.2. The maximum absolute atomic E-state index is 12.6. The van der Waals surface area contributed by atoms with Crippen LogP contribution in [0.4, 0.5) is 5.95 Å². The Hall–Kier alpha value is -3.90. The van der Waals surface area contributed by atoms with Gasteiger partial charge in [0.15, 0.2) is 11.2 Å². The lowest BCUT2D eigenvalue weighted by Crippen LogP contribution is -2.30. The van der Waals surface area contributed by atoms with Crippen LogP contribution in [-0.4, -0.2) is 48.2 Å². The summed E-state index contributed by atoms with van der Waals surface area (Å²) < 4.78 is 9.08. The molecule has 4 rings (SSSR count). The Bertz CT molecular complexity index is 1520. The Balaban J connectivity index is 1.60. The zero-order valence-electron chi connectivity index (χ0n) is 19.6. The van der Waals surface area contributed by atoms with Gasteiger partial charge in [-0.3, -0.25) is 14.3 Å². The fraction of sp³-hybridized carbons (Fsp3) is 0.250. The van der Waals surface area contributed by atoms with E-state index in [1.165, 1.54) is 34.0 Å².